The van der Waals surface area contributed by atoms with Crippen molar-refractivity contribution in [1.82, 2.24) is 4.90 Å². The molecule has 7 heteroatoms. The van der Waals surface area contributed by atoms with Gasteiger partial charge in [-0.05, 0) is 42.5 Å². The van der Waals surface area contributed by atoms with E-state index < -0.39 is 5.97 Å². The van der Waals surface area contributed by atoms with Crippen LogP contribution in [0.25, 0.3) is 0 Å². The highest BCUT2D eigenvalue weighted by molar-refractivity contribution is 9.10. The molecule has 2 N–H and O–H groups in total. The van der Waals surface area contributed by atoms with E-state index in [1.807, 2.05) is 0 Å². The molecular formula is C16H11BrN2O4. The number of benzene rings is 2. The molecule has 0 saturated heterocycles. The molecule has 1 aliphatic rings. The Hall–Kier alpha value is -2.67. The predicted octanol–water partition coefficient (Wildman–Crippen LogP) is 2.81. The van der Waals surface area contributed by atoms with Gasteiger partial charge < -0.3 is 10.4 Å². The van der Waals surface area contributed by atoms with Crippen molar-refractivity contribution in [2.45, 2.75) is 0 Å². The van der Waals surface area contributed by atoms with E-state index in [-0.39, 0.29) is 24.0 Å². The van der Waals surface area contributed by atoms with Gasteiger partial charge in [-0.25, -0.2) is 4.79 Å². The zero-order chi connectivity index (χ0) is 16.6. The molecule has 0 radical (unpaired) electrons. The summed E-state index contributed by atoms with van der Waals surface area (Å²) in [5.41, 5.74) is 1.53. The number of carbonyl (C=O) groups excluding carboxylic acids is 2. The first kappa shape index (κ1) is 15.2. The molecule has 0 fully saturated rings. The summed E-state index contributed by atoms with van der Waals surface area (Å²) in [5.74, 6) is -1.73. The molecule has 0 aromatic heterocycles. The monoisotopic (exact) mass is 374 g/mol. The molecule has 2 aromatic rings. The lowest BCUT2D eigenvalue weighted by molar-refractivity contribution is 0.0661. The van der Waals surface area contributed by atoms with Gasteiger partial charge >= 0.3 is 5.97 Å². The number of imide groups is 1. The number of nitrogens with one attached hydrogen (secondary N) is 1. The van der Waals surface area contributed by atoms with E-state index in [1.165, 1.54) is 12.1 Å². The van der Waals surface area contributed by atoms with Gasteiger partial charge in [0, 0.05) is 10.2 Å². The second-order valence-corrected chi connectivity index (χ2v) is 5.86. The maximum atomic E-state index is 12.3. The largest absolute Gasteiger partial charge is 0.478 e. The van der Waals surface area contributed by atoms with Crippen LogP contribution in [0.1, 0.15) is 31.1 Å². The van der Waals surface area contributed by atoms with E-state index in [1.54, 1.807) is 30.3 Å². The number of carbonyl (C=O) groups is 3. The molecule has 0 bridgehead atoms. The van der Waals surface area contributed by atoms with Crippen molar-refractivity contribution in [3.05, 3.63) is 63.6 Å². The van der Waals surface area contributed by atoms with Gasteiger partial charge in [0.2, 0.25) is 0 Å². The predicted molar refractivity (Wildman–Crippen MR) is 86.5 cm³/mol. The van der Waals surface area contributed by atoms with Crippen LogP contribution < -0.4 is 5.32 Å². The Kier molecular flexibility index (Phi) is 3.87. The Morgan fingerprint density at radius 3 is 2.35 bits per heavy atom. The fourth-order valence-corrected chi connectivity index (χ4v) is 2.67. The fraction of sp³-hybridized carbons (Fsp3) is 0.0625. The van der Waals surface area contributed by atoms with Gasteiger partial charge in [0.05, 0.1) is 23.4 Å². The summed E-state index contributed by atoms with van der Waals surface area (Å²) in [6, 6.07) is 11.0. The Morgan fingerprint density at radius 1 is 1.04 bits per heavy atom. The normalized spacial score (nSPS) is 13.2. The number of hydrogen-bond donors (Lipinski definition) is 2. The van der Waals surface area contributed by atoms with Crippen LogP contribution in [0.5, 0.6) is 0 Å². The molecule has 6 nitrogen and oxygen atoms in total. The zero-order valence-electron chi connectivity index (χ0n) is 11.7. The van der Waals surface area contributed by atoms with Crippen LogP contribution in [0, 0.1) is 0 Å². The van der Waals surface area contributed by atoms with Gasteiger partial charge in [0.25, 0.3) is 11.8 Å². The second-order valence-electron chi connectivity index (χ2n) is 4.95. The van der Waals surface area contributed by atoms with Gasteiger partial charge in [-0.15, -0.1) is 0 Å². The summed E-state index contributed by atoms with van der Waals surface area (Å²) >= 11 is 3.28. The van der Waals surface area contributed by atoms with Crippen molar-refractivity contribution in [1.29, 1.82) is 0 Å². The first-order valence-electron chi connectivity index (χ1n) is 6.70. The summed E-state index contributed by atoms with van der Waals surface area (Å²) in [4.78, 5) is 36.5. The third-order valence-corrected chi connectivity index (χ3v) is 4.00. The number of hydrogen-bond acceptors (Lipinski definition) is 4. The number of aromatic carboxylic acids is 1. The van der Waals surface area contributed by atoms with E-state index in [0.29, 0.717) is 16.8 Å². The Morgan fingerprint density at radius 2 is 1.70 bits per heavy atom. The molecule has 3 rings (SSSR count). The number of carboxylic acid groups (broad SMARTS) is 1. The Bertz CT molecular complexity index is 817. The average molecular weight is 375 g/mol. The van der Waals surface area contributed by atoms with Gasteiger partial charge in [-0.3, -0.25) is 14.5 Å². The number of fused-ring (bicyclic) bond motifs is 1. The molecule has 1 aliphatic heterocycles. The SMILES string of the molecule is O=C(O)c1ccc(NCN2C(=O)c3ccc(Br)cc3C2=O)cc1. The number of nitrogens with zero attached hydrogens (tertiary/aromatic N) is 1. The molecule has 116 valence electrons. The first-order valence-corrected chi connectivity index (χ1v) is 7.49. The molecule has 0 unspecified atom stereocenters. The minimum absolute atomic E-state index is 0.0103. The lowest BCUT2D eigenvalue weighted by Gasteiger charge is -2.15. The molecule has 1 heterocycles. The molecule has 2 aromatic carbocycles. The average Bonchev–Trinajstić information content (AvgIpc) is 2.77. The van der Waals surface area contributed by atoms with E-state index in [0.717, 1.165) is 9.37 Å². The number of carboxylic acids is 1. The van der Waals surface area contributed by atoms with Crippen LogP contribution in [0.3, 0.4) is 0 Å². The minimum Gasteiger partial charge on any atom is -0.478 e. The van der Waals surface area contributed by atoms with Crippen molar-refractivity contribution in [3.8, 4) is 0 Å². The Labute approximate surface area is 139 Å². The molecule has 0 spiro atoms. The lowest BCUT2D eigenvalue weighted by atomic mass is 10.1. The standard InChI is InChI=1S/C16H11BrN2O4/c17-10-3-6-12-13(7-10)15(21)19(14(12)20)8-18-11-4-1-9(2-5-11)16(22)23/h1-7,18H,8H2,(H,22,23). The quantitative estimate of drug-likeness (QED) is 0.803. The van der Waals surface area contributed by atoms with E-state index >= 15 is 0 Å². The zero-order valence-corrected chi connectivity index (χ0v) is 13.3. The van der Waals surface area contributed by atoms with Gasteiger partial charge in [-0.2, -0.15) is 0 Å². The van der Waals surface area contributed by atoms with Gasteiger partial charge in [0.15, 0.2) is 0 Å². The number of halogens is 1. The molecular weight excluding hydrogens is 364 g/mol. The van der Waals surface area contributed by atoms with Crippen LogP contribution in [-0.4, -0.2) is 34.5 Å². The molecule has 0 aliphatic carbocycles. The lowest BCUT2D eigenvalue weighted by Crippen LogP contribution is -2.34. The highest BCUT2D eigenvalue weighted by Crippen LogP contribution is 2.26. The topological polar surface area (TPSA) is 86.7 Å². The fourth-order valence-electron chi connectivity index (χ4n) is 2.31. The highest BCUT2D eigenvalue weighted by atomic mass is 79.9. The van der Waals surface area contributed by atoms with Crippen molar-refractivity contribution in [2.24, 2.45) is 0 Å². The first-order chi connectivity index (χ1) is 11.0. The van der Waals surface area contributed by atoms with Crippen LogP contribution in [0.15, 0.2) is 46.9 Å². The van der Waals surface area contributed by atoms with Crippen LogP contribution in [0.4, 0.5) is 5.69 Å². The van der Waals surface area contributed by atoms with E-state index in [2.05, 4.69) is 21.2 Å². The molecule has 2 amide bonds. The van der Waals surface area contributed by atoms with Crippen molar-refractivity contribution in [2.75, 3.05) is 12.0 Å². The summed E-state index contributed by atoms with van der Waals surface area (Å²) in [5, 5.41) is 11.8. The smallest absolute Gasteiger partial charge is 0.335 e. The van der Waals surface area contributed by atoms with Gasteiger partial charge in [-0.1, -0.05) is 15.9 Å². The summed E-state index contributed by atoms with van der Waals surface area (Å²) in [7, 11) is 0. The highest BCUT2D eigenvalue weighted by Gasteiger charge is 2.35. The summed E-state index contributed by atoms with van der Waals surface area (Å²) in [6.45, 7) is 0.0103. The molecule has 0 saturated carbocycles. The second kappa shape index (κ2) is 5.85. The minimum atomic E-state index is -1.01. The Balaban J connectivity index is 1.73. The van der Waals surface area contributed by atoms with Crippen molar-refractivity contribution < 1.29 is 19.5 Å². The van der Waals surface area contributed by atoms with E-state index in [9.17, 15) is 14.4 Å². The summed E-state index contributed by atoms with van der Waals surface area (Å²) < 4.78 is 0.733. The third kappa shape index (κ3) is 2.83. The number of anilines is 1. The summed E-state index contributed by atoms with van der Waals surface area (Å²) in [6.07, 6.45) is 0. The van der Waals surface area contributed by atoms with Gasteiger partial charge in [0.1, 0.15) is 0 Å². The maximum Gasteiger partial charge on any atom is 0.335 e. The molecule has 0 atom stereocenters. The van der Waals surface area contributed by atoms with E-state index in [4.69, 9.17) is 5.11 Å². The van der Waals surface area contributed by atoms with Crippen LogP contribution >= 0.6 is 15.9 Å². The van der Waals surface area contributed by atoms with Crippen molar-refractivity contribution in [3.63, 3.8) is 0 Å². The van der Waals surface area contributed by atoms with Crippen molar-refractivity contribution >= 4 is 39.4 Å². The number of amides is 2. The van der Waals surface area contributed by atoms with Crippen LogP contribution in [0.2, 0.25) is 0 Å². The number of rotatable bonds is 4. The molecule has 23 heavy (non-hydrogen) atoms. The third-order valence-electron chi connectivity index (χ3n) is 3.51. The van der Waals surface area contributed by atoms with Crippen LogP contribution in [-0.2, 0) is 0 Å². The maximum absolute atomic E-state index is 12.3.